The third-order valence-electron chi connectivity index (χ3n) is 1.05. The third kappa shape index (κ3) is 1.41. The molecule has 0 bridgehead atoms. The van der Waals surface area contributed by atoms with Gasteiger partial charge in [0.05, 0.1) is 13.7 Å². The summed E-state index contributed by atoms with van der Waals surface area (Å²) in [5, 5.41) is 8.58. The molecule has 1 aromatic rings. The van der Waals surface area contributed by atoms with E-state index in [1.165, 1.54) is 19.5 Å². The second-order valence-electron chi connectivity index (χ2n) is 1.74. The predicted octanol–water partition coefficient (Wildman–Crippen LogP) is -0.0225. The number of ether oxygens (including phenoxy) is 1. The van der Waals surface area contributed by atoms with Crippen molar-refractivity contribution in [2.75, 3.05) is 7.11 Å². The largest absolute Gasteiger partial charge is 0.467 e. The summed E-state index contributed by atoms with van der Waals surface area (Å²) in [4.78, 5) is 7.55. The Hall–Kier alpha value is -1.16. The molecular weight excluding hydrogens is 132 g/mol. The van der Waals surface area contributed by atoms with Crippen LogP contribution in [0.3, 0.4) is 0 Å². The molecule has 4 heteroatoms. The highest BCUT2D eigenvalue weighted by atomic mass is 16.5. The Kier molecular flexibility index (Phi) is 2.17. The van der Waals surface area contributed by atoms with Gasteiger partial charge in [-0.1, -0.05) is 0 Å². The minimum Gasteiger partial charge on any atom is -0.467 e. The van der Waals surface area contributed by atoms with Crippen LogP contribution in [0.1, 0.15) is 5.56 Å². The summed E-state index contributed by atoms with van der Waals surface area (Å²) in [7, 11) is 1.49. The van der Waals surface area contributed by atoms with Crippen LogP contribution in [-0.4, -0.2) is 22.2 Å². The van der Waals surface area contributed by atoms with Gasteiger partial charge < -0.3 is 9.84 Å². The minimum absolute atomic E-state index is 0.0377. The van der Waals surface area contributed by atoms with E-state index in [-0.39, 0.29) is 6.61 Å². The van der Waals surface area contributed by atoms with E-state index in [0.717, 1.165) is 0 Å². The smallest absolute Gasteiger partial charge is 0.316 e. The number of aliphatic hydroxyl groups excluding tert-OH is 1. The molecule has 1 aromatic heterocycles. The third-order valence-corrected chi connectivity index (χ3v) is 1.05. The van der Waals surface area contributed by atoms with Gasteiger partial charge in [0.1, 0.15) is 0 Å². The zero-order valence-electron chi connectivity index (χ0n) is 5.61. The molecular formula is C6H8N2O2. The minimum atomic E-state index is -0.0377. The van der Waals surface area contributed by atoms with Crippen LogP contribution in [0.4, 0.5) is 0 Å². The molecule has 0 aliphatic carbocycles. The lowest BCUT2D eigenvalue weighted by Gasteiger charge is -1.96. The van der Waals surface area contributed by atoms with Crippen molar-refractivity contribution in [3.8, 4) is 6.01 Å². The van der Waals surface area contributed by atoms with E-state index < -0.39 is 0 Å². The Bertz CT molecular complexity index is 174. The van der Waals surface area contributed by atoms with Crippen molar-refractivity contribution in [2.24, 2.45) is 0 Å². The standard InChI is InChI=1S/C6H8N2O2/c1-10-6-7-2-5(4-9)3-8-6/h2-3,9H,4H2,1H3. The zero-order chi connectivity index (χ0) is 7.40. The van der Waals surface area contributed by atoms with Gasteiger partial charge in [-0.15, -0.1) is 0 Å². The molecule has 10 heavy (non-hydrogen) atoms. The molecule has 54 valence electrons. The van der Waals surface area contributed by atoms with E-state index in [0.29, 0.717) is 11.6 Å². The van der Waals surface area contributed by atoms with Crippen LogP contribution >= 0.6 is 0 Å². The Morgan fingerprint density at radius 1 is 1.50 bits per heavy atom. The molecule has 0 amide bonds. The van der Waals surface area contributed by atoms with Gasteiger partial charge in [0, 0.05) is 18.0 Å². The Balaban J connectivity index is 2.80. The number of rotatable bonds is 2. The van der Waals surface area contributed by atoms with Crippen LogP contribution in [0.2, 0.25) is 0 Å². The number of aliphatic hydroxyl groups is 1. The topological polar surface area (TPSA) is 55.2 Å². The molecule has 0 fully saturated rings. The van der Waals surface area contributed by atoms with E-state index in [1.54, 1.807) is 0 Å². The van der Waals surface area contributed by atoms with Crippen LogP contribution in [0.15, 0.2) is 12.4 Å². The number of nitrogens with zero attached hydrogens (tertiary/aromatic N) is 2. The van der Waals surface area contributed by atoms with Crippen molar-refractivity contribution in [3.63, 3.8) is 0 Å². The SMILES string of the molecule is COc1ncc(CO)cn1. The molecule has 1 N–H and O–H groups in total. The van der Waals surface area contributed by atoms with Gasteiger partial charge in [-0.2, -0.15) is 0 Å². The van der Waals surface area contributed by atoms with Crippen LogP contribution < -0.4 is 4.74 Å². The maximum Gasteiger partial charge on any atom is 0.316 e. The van der Waals surface area contributed by atoms with Gasteiger partial charge in [0.15, 0.2) is 0 Å². The molecule has 0 spiro atoms. The summed E-state index contributed by atoms with van der Waals surface area (Å²) >= 11 is 0. The first-order chi connectivity index (χ1) is 4.86. The van der Waals surface area contributed by atoms with E-state index in [4.69, 9.17) is 9.84 Å². The van der Waals surface area contributed by atoms with Gasteiger partial charge in [0.25, 0.3) is 0 Å². The maximum absolute atomic E-state index is 8.58. The molecule has 1 heterocycles. The van der Waals surface area contributed by atoms with Crippen molar-refractivity contribution in [1.82, 2.24) is 9.97 Å². The summed E-state index contributed by atoms with van der Waals surface area (Å²) in [6.45, 7) is -0.0377. The second kappa shape index (κ2) is 3.12. The average molecular weight is 140 g/mol. The van der Waals surface area contributed by atoms with Crippen LogP contribution in [0.5, 0.6) is 6.01 Å². The molecule has 0 aliphatic rings. The fourth-order valence-electron chi connectivity index (χ4n) is 0.530. The fourth-order valence-corrected chi connectivity index (χ4v) is 0.530. The fraction of sp³-hybridized carbons (Fsp3) is 0.333. The average Bonchev–Trinajstić information content (AvgIpc) is 2.05. The summed E-state index contributed by atoms with van der Waals surface area (Å²) in [6, 6.07) is 0.317. The monoisotopic (exact) mass is 140 g/mol. The van der Waals surface area contributed by atoms with Crippen molar-refractivity contribution >= 4 is 0 Å². The second-order valence-corrected chi connectivity index (χ2v) is 1.74. The quantitative estimate of drug-likeness (QED) is 0.627. The van der Waals surface area contributed by atoms with Gasteiger partial charge in [-0.25, -0.2) is 9.97 Å². The zero-order valence-corrected chi connectivity index (χ0v) is 5.61. The van der Waals surface area contributed by atoms with Gasteiger partial charge >= 0.3 is 6.01 Å². The Morgan fingerprint density at radius 3 is 2.50 bits per heavy atom. The van der Waals surface area contributed by atoms with Crippen molar-refractivity contribution in [3.05, 3.63) is 18.0 Å². The predicted molar refractivity (Wildman–Crippen MR) is 34.5 cm³/mol. The van der Waals surface area contributed by atoms with E-state index in [9.17, 15) is 0 Å². The summed E-state index contributed by atoms with van der Waals surface area (Å²) in [5.41, 5.74) is 0.681. The molecule has 0 aromatic carbocycles. The van der Waals surface area contributed by atoms with Gasteiger partial charge in [-0.05, 0) is 0 Å². The molecule has 0 atom stereocenters. The number of methoxy groups -OCH3 is 1. The first kappa shape index (κ1) is 6.95. The first-order valence-corrected chi connectivity index (χ1v) is 2.82. The molecule has 0 radical (unpaired) electrons. The Morgan fingerprint density at radius 2 is 2.10 bits per heavy atom. The maximum atomic E-state index is 8.58. The van der Waals surface area contributed by atoms with Crippen molar-refractivity contribution in [2.45, 2.75) is 6.61 Å². The molecule has 0 saturated heterocycles. The Labute approximate surface area is 58.5 Å². The molecule has 0 saturated carbocycles. The van der Waals surface area contributed by atoms with Crippen LogP contribution in [-0.2, 0) is 6.61 Å². The van der Waals surface area contributed by atoms with Crippen molar-refractivity contribution < 1.29 is 9.84 Å². The van der Waals surface area contributed by atoms with E-state index in [2.05, 4.69) is 9.97 Å². The lowest BCUT2D eigenvalue weighted by Crippen LogP contribution is -1.93. The first-order valence-electron chi connectivity index (χ1n) is 2.82. The number of hydrogen-bond donors (Lipinski definition) is 1. The number of aromatic nitrogens is 2. The highest BCUT2D eigenvalue weighted by molar-refractivity contribution is 5.05. The summed E-state index contributed by atoms with van der Waals surface area (Å²) in [5.74, 6) is 0. The molecule has 4 nitrogen and oxygen atoms in total. The van der Waals surface area contributed by atoms with Crippen LogP contribution in [0, 0.1) is 0 Å². The highest BCUT2D eigenvalue weighted by Gasteiger charge is 1.93. The number of hydrogen-bond acceptors (Lipinski definition) is 4. The van der Waals surface area contributed by atoms with Gasteiger partial charge in [0.2, 0.25) is 0 Å². The molecule has 0 unspecified atom stereocenters. The highest BCUT2D eigenvalue weighted by Crippen LogP contribution is 2.00. The van der Waals surface area contributed by atoms with E-state index in [1.807, 2.05) is 0 Å². The lowest BCUT2D eigenvalue weighted by molar-refractivity contribution is 0.280. The lowest BCUT2D eigenvalue weighted by atomic mass is 10.4. The van der Waals surface area contributed by atoms with Crippen molar-refractivity contribution in [1.29, 1.82) is 0 Å². The normalized spacial score (nSPS) is 9.40. The van der Waals surface area contributed by atoms with E-state index >= 15 is 0 Å². The van der Waals surface area contributed by atoms with Gasteiger partial charge in [-0.3, -0.25) is 0 Å². The molecule has 0 aliphatic heterocycles. The summed E-state index contributed by atoms with van der Waals surface area (Å²) in [6.07, 6.45) is 3.04. The molecule has 1 rings (SSSR count). The summed E-state index contributed by atoms with van der Waals surface area (Å²) < 4.78 is 4.71. The van der Waals surface area contributed by atoms with Crippen LogP contribution in [0.25, 0.3) is 0 Å².